The highest BCUT2D eigenvalue weighted by molar-refractivity contribution is 4.71. The van der Waals surface area contributed by atoms with Crippen molar-refractivity contribution in [3.05, 3.63) is 0 Å². The number of piperidine rings is 1. The third-order valence-electron chi connectivity index (χ3n) is 2.30. The average Bonchev–Trinajstić information content (AvgIpc) is 2.86. The van der Waals surface area contributed by atoms with Gasteiger partial charge in [-0.1, -0.05) is 6.42 Å². The highest BCUT2D eigenvalue weighted by Crippen LogP contribution is 2.09. The summed E-state index contributed by atoms with van der Waals surface area (Å²) in [7, 11) is 0. The van der Waals surface area contributed by atoms with E-state index in [0.29, 0.717) is 6.10 Å². The predicted octanol–water partition coefficient (Wildman–Crippen LogP) is 0.376. The lowest BCUT2D eigenvalue weighted by Crippen LogP contribution is -2.43. The van der Waals surface area contributed by atoms with Crippen molar-refractivity contribution in [2.24, 2.45) is 0 Å². The zero-order valence-corrected chi connectivity index (χ0v) is 6.88. The van der Waals surface area contributed by atoms with Crippen LogP contribution >= 0.6 is 0 Å². The van der Waals surface area contributed by atoms with Gasteiger partial charge in [0.05, 0.1) is 12.7 Å². The Labute approximate surface area is 67.7 Å². The van der Waals surface area contributed by atoms with Crippen molar-refractivity contribution in [1.29, 1.82) is 0 Å². The van der Waals surface area contributed by atoms with Gasteiger partial charge in [0.15, 0.2) is 0 Å². The second-order valence-electron chi connectivity index (χ2n) is 3.37. The molecule has 2 saturated heterocycles. The Morgan fingerprint density at radius 1 is 1.27 bits per heavy atom. The molecule has 0 aliphatic carbocycles. The SMILES string of the molecule is C1CCN(NCC2CO2)CC1. The molecule has 0 aromatic rings. The Balaban J connectivity index is 1.59. The van der Waals surface area contributed by atoms with Gasteiger partial charge in [0.25, 0.3) is 0 Å². The number of ether oxygens (including phenoxy) is 1. The molecule has 0 spiro atoms. The molecule has 0 saturated carbocycles. The average molecular weight is 156 g/mol. The first-order chi connectivity index (χ1) is 5.45. The Hall–Kier alpha value is -0.120. The summed E-state index contributed by atoms with van der Waals surface area (Å²) in [5.74, 6) is 0. The monoisotopic (exact) mass is 156 g/mol. The molecule has 2 aliphatic heterocycles. The van der Waals surface area contributed by atoms with Crippen LogP contribution in [-0.4, -0.2) is 37.4 Å². The Bertz CT molecular complexity index is 119. The highest BCUT2D eigenvalue weighted by atomic mass is 16.6. The van der Waals surface area contributed by atoms with Gasteiger partial charge in [0, 0.05) is 19.6 Å². The number of hydrazine groups is 1. The minimum absolute atomic E-state index is 0.511. The van der Waals surface area contributed by atoms with Crippen molar-refractivity contribution in [1.82, 2.24) is 10.4 Å². The summed E-state index contributed by atoms with van der Waals surface area (Å²) in [4.78, 5) is 0. The summed E-state index contributed by atoms with van der Waals surface area (Å²) in [6, 6.07) is 0. The Morgan fingerprint density at radius 3 is 2.64 bits per heavy atom. The topological polar surface area (TPSA) is 27.8 Å². The summed E-state index contributed by atoms with van der Waals surface area (Å²) in [5.41, 5.74) is 3.39. The number of nitrogens with one attached hydrogen (secondary N) is 1. The van der Waals surface area contributed by atoms with E-state index in [1.807, 2.05) is 0 Å². The van der Waals surface area contributed by atoms with Gasteiger partial charge in [0.1, 0.15) is 0 Å². The van der Waals surface area contributed by atoms with Crippen LogP contribution in [0.3, 0.4) is 0 Å². The van der Waals surface area contributed by atoms with E-state index in [1.54, 1.807) is 0 Å². The molecule has 2 fully saturated rings. The lowest BCUT2D eigenvalue weighted by Gasteiger charge is -2.26. The van der Waals surface area contributed by atoms with E-state index in [4.69, 9.17) is 4.74 Å². The Morgan fingerprint density at radius 2 is 2.00 bits per heavy atom. The van der Waals surface area contributed by atoms with Crippen molar-refractivity contribution in [3.8, 4) is 0 Å². The van der Waals surface area contributed by atoms with E-state index in [0.717, 1.165) is 13.2 Å². The molecule has 0 aromatic heterocycles. The fourth-order valence-electron chi connectivity index (χ4n) is 1.47. The van der Waals surface area contributed by atoms with E-state index in [1.165, 1.54) is 32.4 Å². The minimum Gasteiger partial charge on any atom is -0.372 e. The first kappa shape index (κ1) is 7.53. The molecule has 11 heavy (non-hydrogen) atoms. The van der Waals surface area contributed by atoms with Crippen LogP contribution in [0, 0.1) is 0 Å². The van der Waals surface area contributed by atoms with Gasteiger partial charge in [-0.05, 0) is 12.8 Å². The lowest BCUT2D eigenvalue weighted by molar-refractivity contribution is 0.148. The quantitative estimate of drug-likeness (QED) is 0.598. The zero-order chi connectivity index (χ0) is 7.52. The van der Waals surface area contributed by atoms with Gasteiger partial charge >= 0.3 is 0 Å². The van der Waals surface area contributed by atoms with Gasteiger partial charge in [-0.3, -0.25) is 5.43 Å². The molecule has 1 N–H and O–H groups in total. The van der Waals surface area contributed by atoms with Crippen LogP contribution < -0.4 is 5.43 Å². The standard InChI is InChI=1S/C8H16N2O/c1-2-4-10(5-3-1)9-6-8-7-11-8/h8-9H,1-7H2. The largest absolute Gasteiger partial charge is 0.372 e. The maximum Gasteiger partial charge on any atom is 0.0947 e. The Kier molecular flexibility index (Phi) is 2.41. The summed E-state index contributed by atoms with van der Waals surface area (Å²) < 4.78 is 5.11. The van der Waals surface area contributed by atoms with Gasteiger partial charge in [-0.2, -0.15) is 0 Å². The predicted molar refractivity (Wildman–Crippen MR) is 43.2 cm³/mol. The lowest BCUT2D eigenvalue weighted by atomic mass is 10.2. The molecule has 1 atom stereocenters. The highest BCUT2D eigenvalue weighted by Gasteiger charge is 2.22. The van der Waals surface area contributed by atoms with Crippen molar-refractivity contribution < 1.29 is 4.74 Å². The smallest absolute Gasteiger partial charge is 0.0947 e. The van der Waals surface area contributed by atoms with E-state index in [9.17, 15) is 0 Å². The summed E-state index contributed by atoms with van der Waals surface area (Å²) >= 11 is 0. The first-order valence-electron chi connectivity index (χ1n) is 4.55. The van der Waals surface area contributed by atoms with Crippen LogP contribution in [0.25, 0.3) is 0 Å². The maximum absolute atomic E-state index is 5.11. The van der Waals surface area contributed by atoms with E-state index in [-0.39, 0.29) is 0 Å². The number of hydrogen-bond donors (Lipinski definition) is 1. The van der Waals surface area contributed by atoms with Gasteiger partial charge in [-0.25, -0.2) is 5.01 Å². The van der Waals surface area contributed by atoms with Crippen LogP contribution in [0.5, 0.6) is 0 Å². The van der Waals surface area contributed by atoms with Crippen LogP contribution in [0.2, 0.25) is 0 Å². The molecule has 0 bridgehead atoms. The molecule has 2 aliphatic rings. The van der Waals surface area contributed by atoms with Crippen LogP contribution in [0.4, 0.5) is 0 Å². The summed E-state index contributed by atoms with van der Waals surface area (Å²) in [6.07, 6.45) is 4.60. The van der Waals surface area contributed by atoms with Crippen molar-refractivity contribution >= 4 is 0 Å². The molecule has 2 heterocycles. The molecular formula is C8H16N2O. The number of epoxide rings is 1. The molecular weight excluding hydrogens is 140 g/mol. The second-order valence-corrected chi connectivity index (χ2v) is 3.37. The fraction of sp³-hybridized carbons (Fsp3) is 1.00. The molecule has 64 valence electrons. The van der Waals surface area contributed by atoms with Crippen molar-refractivity contribution in [2.75, 3.05) is 26.2 Å². The van der Waals surface area contributed by atoms with Gasteiger partial charge in [0.2, 0.25) is 0 Å². The minimum atomic E-state index is 0.511. The number of rotatable bonds is 3. The zero-order valence-electron chi connectivity index (χ0n) is 6.88. The van der Waals surface area contributed by atoms with Gasteiger partial charge < -0.3 is 4.74 Å². The van der Waals surface area contributed by atoms with E-state index < -0.39 is 0 Å². The summed E-state index contributed by atoms with van der Waals surface area (Å²) in [5, 5.41) is 2.32. The van der Waals surface area contributed by atoms with Crippen molar-refractivity contribution in [3.63, 3.8) is 0 Å². The number of nitrogens with zero attached hydrogens (tertiary/aromatic N) is 1. The normalized spacial score (nSPS) is 32.2. The second kappa shape index (κ2) is 3.52. The van der Waals surface area contributed by atoms with Crippen LogP contribution in [0.1, 0.15) is 19.3 Å². The van der Waals surface area contributed by atoms with E-state index >= 15 is 0 Å². The first-order valence-corrected chi connectivity index (χ1v) is 4.55. The molecule has 2 rings (SSSR count). The molecule has 3 heteroatoms. The summed E-state index contributed by atoms with van der Waals surface area (Å²) in [6.45, 7) is 4.40. The number of hydrogen-bond acceptors (Lipinski definition) is 3. The third kappa shape index (κ3) is 2.43. The van der Waals surface area contributed by atoms with Gasteiger partial charge in [-0.15, -0.1) is 0 Å². The maximum atomic E-state index is 5.11. The molecule has 1 unspecified atom stereocenters. The van der Waals surface area contributed by atoms with Crippen molar-refractivity contribution in [2.45, 2.75) is 25.4 Å². The molecule has 0 aromatic carbocycles. The molecule has 3 nitrogen and oxygen atoms in total. The molecule has 0 radical (unpaired) electrons. The fourth-order valence-corrected chi connectivity index (χ4v) is 1.47. The van der Waals surface area contributed by atoms with E-state index in [2.05, 4.69) is 10.4 Å². The third-order valence-corrected chi connectivity index (χ3v) is 2.30. The van der Waals surface area contributed by atoms with Crippen LogP contribution in [0.15, 0.2) is 0 Å². The molecule has 0 amide bonds. The van der Waals surface area contributed by atoms with Crippen LogP contribution in [-0.2, 0) is 4.74 Å².